The van der Waals surface area contributed by atoms with Crippen molar-refractivity contribution in [3.05, 3.63) is 28.4 Å². The molecule has 1 fully saturated rings. The summed E-state index contributed by atoms with van der Waals surface area (Å²) in [5, 5.41) is 5.52. The summed E-state index contributed by atoms with van der Waals surface area (Å²) in [5.41, 5.74) is 1.94. The lowest BCUT2D eigenvalue weighted by Crippen LogP contribution is -2.38. The van der Waals surface area contributed by atoms with Crippen LogP contribution >= 0.6 is 15.9 Å². The van der Waals surface area contributed by atoms with Gasteiger partial charge in [-0.3, -0.25) is 4.68 Å². The van der Waals surface area contributed by atoms with Crippen molar-refractivity contribution in [2.45, 2.75) is 13.0 Å². The maximum Gasteiger partial charge on any atom is 0.154 e. The third-order valence-corrected chi connectivity index (χ3v) is 5.37. The molecule has 1 saturated heterocycles. The van der Waals surface area contributed by atoms with E-state index in [0.29, 0.717) is 0 Å². The van der Waals surface area contributed by atoms with Crippen molar-refractivity contribution < 1.29 is 8.42 Å². The van der Waals surface area contributed by atoms with Gasteiger partial charge >= 0.3 is 0 Å². The summed E-state index contributed by atoms with van der Waals surface area (Å²) in [5.74, 6) is 0.415. The summed E-state index contributed by atoms with van der Waals surface area (Å²) >= 11 is 3.43. The minimum absolute atomic E-state index is 0.00243. The Morgan fingerprint density at radius 1 is 1.41 bits per heavy atom. The molecule has 1 aromatic heterocycles. The molecule has 0 radical (unpaired) electrons. The van der Waals surface area contributed by atoms with Crippen molar-refractivity contribution in [3.8, 4) is 0 Å². The summed E-state index contributed by atoms with van der Waals surface area (Å²) in [4.78, 5) is 0. The van der Waals surface area contributed by atoms with Crippen LogP contribution in [0.4, 0.5) is 0 Å². The number of hydrogen-bond acceptors (Lipinski definition) is 3. The van der Waals surface area contributed by atoms with E-state index in [1.807, 2.05) is 29.8 Å². The Balaban J connectivity index is 2.12. The number of aryl methyl sites for hydroxylation is 1. The second-order valence-corrected chi connectivity index (χ2v) is 7.49. The fraction of sp³-hybridized carbons (Fsp3) is 0.364. The van der Waals surface area contributed by atoms with Crippen LogP contribution in [0.5, 0.6) is 0 Å². The fourth-order valence-electron chi connectivity index (χ4n) is 2.22. The van der Waals surface area contributed by atoms with E-state index in [-0.39, 0.29) is 17.5 Å². The van der Waals surface area contributed by atoms with Gasteiger partial charge in [-0.05, 0) is 25.1 Å². The van der Waals surface area contributed by atoms with Crippen molar-refractivity contribution in [3.63, 3.8) is 0 Å². The van der Waals surface area contributed by atoms with Crippen LogP contribution in [0.15, 0.2) is 22.7 Å². The molecule has 1 aliphatic heterocycles. The van der Waals surface area contributed by atoms with Gasteiger partial charge in [-0.25, -0.2) is 8.42 Å². The molecule has 6 heteroatoms. The van der Waals surface area contributed by atoms with E-state index in [4.69, 9.17) is 0 Å². The minimum atomic E-state index is -2.82. The van der Waals surface area contributed by atoms with Crippen molar-refractivity contribution in [1.82, 2.24) is 9.78 Å². The lowest BCUT2D eigenvalue weighted by atomic mass is 10.2. The number of rotatable bonds is 1. The topological polar surface area (TPSA) is 52.0 Å². The van der Waals surface area contributed by atoms with Gasteiger partial charge in [0.05, 0.1) is 28.8 Å². The maximum atomic E-state index is 11.2. The van der Waals surface area contributed by atoms with Crippen LogP contribution in [-0.4, -0.2) is 29.7 Å². The molecular formula is C11H11BrN2O2S. The zero-order valence-corrected chi connectivity index (χ0v) is 11.6. The molecule has 90 valence electrons. The molecule has 0 spiro atoms. The third kappa shape index (κ3) is 1.79. The van der Waals surface area contributed by atoms with Crippen LogP contribution in [0.2, 0.25) is 0 Å². The average molecular weight is 315 g/mol. The molecule has 0 unspecified atom stereocenters. The smallest absolute Gasteiger partial charge is 0.154 e. The summed E-state index contributed by atoms with van der Waals surface area (Å²) in [7, 11) is -2.82. The molecule has 2 aromatic rings. The van der Waals surface area contributed by atoms with Gasteiger partial charge in [-0.2, -0.15) is 5.10 Å². The minimum Gasteiger partial charge on any atom is -0.259 e. The number of benzene rings is 1. The van der Waals surface area contributed by atoms with Gasteiger partial charge in [0, 0.05) is 9.86 Å². The van der Waals surface area contributed by atoms with Crippen LogP contribution in [-0.2, 0) is 9.84 Å². The number of nitrogens with zero attached hydrogens (tertiary/aromatic N) is 2. The van der Waals surface area contributed by atoms with Gasteiger partial charge in [-0.1, -0.05) is 15.9 Å². The quantitative estimate of drug-likeness (QED) is 0.809. The Hall–Kier alpha value is -0.880. The molecule has 0 saturated carbocycles. The first kappa shape index (κ1) is 11.2. The van der Waals surface area contributed by atoms with Crippen molar-refractivity contribution in [1.29, 1.82) is 0 Å². The highest BCUT2D eigenvalue weighted by Gasteiger charge is 2.36. The van der Waals surface area contributed by atoms with E-state index in [0.717, 1.165) is 21.1 Å². The molecule has 0 atom stereocenters. The Morgan fingerprint density at radius 2 is 2.12 bits per heavy atom. The lowest BCUT2D eigenvalue weighted by molar-refractivity contribution is 0.482. The average Bonchev–Trinajstić information content (AvgIpc) is 2.52. The molecule has 17 heavy (non-hydrogen) atoms. The molecule has 4 nitrogen and oxygen atoms in total. The molecule has 3 rings (SSSR count). The van der Waals surface area contributed by atoms with Gasteiger partial charge < -0.3 is 0 Å². The number of hydrogen-bond donors (Lipinski definition) is 0. The summed E-state index contributed by atoms with van der Waals surface area (Å²) in [6.45, 7) is 1.94. The first-order valence-electron chi connectivity index (χ1n) is 5.31. The highest BCUT2D eigenvalue weighted by atomic mass is 79.9. The predicted molar refractivity (Wildman–Crippen MR) is 69.9 cm³/mol. The van der Waals surface area contributed by atoms with Gasteiger partial charge in [0.15, 0.2) is 9.84 Å². The molecule has 1 aliphatic rings. The fourth-order valence-corrected chi connectivity index (χ4v) is 3.94. The Kier molecular flexibility index (Phi) is 2.35. The summed E-state index contributed by atoms with van der Waals surface area (Å²) < 4.78 is 25.3. The molecule has 0 amide bonds. The van der Waals surface area contributed by atoms with E-state index in [1.54, 1.807) is 0 Å². The Morgan fingerprint density at radius 3 is 2.76 bits per heavy atom. The number of sulfone groups is 1. The van der Waals surface area contributed by atoms with Crippen LogP contribution in [0.3, 0.4) is 0 Å². The second-order valence-electron chi connectivity index (χ2n) is 4.42. The van der Waals surface area contributed by atoms with Crippen LogP contribution in [0, 0.1) is 6.92 Å². The molecule has 1 aromatic carbocycles. The van der Waals surface area contributed by atoms with E-state index in [2.05, 4.69) is 21.0 Å². The zero-order valence-electron chi connectivity index (χ0n) is 9.22. The predicted octanol–water partition coefficient (Wildman–Crippen LogP) is 2.08. The molecular weight excluding hydrogens is 304 g/mol. The summed E-state index contributed by atoms with van der Waals surface area (Å²) in [6.07, 6.45) is 0. The van der Waals surface area contributed by atoms with Crippen LogP contribution < -0.4 is 0 Å². The van der Waals surface area contributed by atoms with E-state index < -0.39 is 9.84 Å². The highest BCUT2D eigenvalue weighted by molar-refractivity contribution is 9.10. The van der Waals surface area contributed by atoms with Crippen LogP contribution in [0.1, 0.15) is 11.7 Å². The second kappa shape index (κ2) is 3.55. The van der Waals surface area contributed by atoms with Crippen LogP contribution in [0.25, 0.3) is 10.9 Å². The largest absolute Gasteiger partial charge is 0.259 e. The number of fused-ring (bicyclic) bond motifs is 1. The first-order valence-corrected chi connectivity index (χ1v) is 7.92. The van der Waals surface area contributed by atoms with Gasteiger partial charge in [-0.15, -0.1) is 0 Å². The molecule has 0 aliphatic carbocycles. The number of halogens is 1. The standard InChI is InChI=1S/C11H11BrN2O2S/c1-7-10-4-8(12)2-3-11(10)14(13-7)9-5-17(15,16)6-9/h2-4,9H,5-6H2,1H3. The van der Waals surface area contributed by atoms with Gasteiger partial charge in [0.25, 0.3) is 0 Å². The monoisotopic (exact) mass is 314 g/mol. The lowest BCUT2D eigenvalue weighted by Gasteiger charge is -2.26. The first-order chi connectivity index (χ1) is 7.96. The summed E-state index contributed by atoms with van der Waals surface area (Å²) in [6, 6.07) is 5.94. The normalized spacial score (nSPS) is 19.4. The molecule has 2 heterocycles. The van der Waals surface area contributed by atoms with Gasteiger partial charge in [0.2, 0.25) is 0 Å². The Bertz CT molecular complexity index is 694. The SMILES string of the molecule is Cc1nn(C2CS(=O)(=O)C2)c2ccc(Br)cc12. The highest BCUT2D eigenvalue weighted by Crippen LogP contribution is 2.30. The number of aromatic nitrogens is 2. The van der Waals surface area contributed by atoms with Gasteiger partial charge in [0.1, 0.15) is 0 Å². The maximum absolute atomic E-state index is 11.2. The third-order valence-electron chi connectivity index (χ3n) is 3.09. The van der Waals surface area contributed by atoms with E-state index in [9.17, 15) is 8.42 Å². The van der Waals surface area contributed by atoms with Crippen molar-refractivity contribution in [2.75, 3.05) is 11.5 Å². The zero-order chi connectivity index (χ0) is 12.2. The van der Waals surface area contributed by atoms with E-state index in [1.165, 1.54) is 0 Å². The van der Waals surface area contributed by atoms with Crippen molar-refractivity contribution >= 4 is 36.7 Å². The molecule has 0 N–H and O–H groups in total. The Labute approximate surface area is 108 Å². The van der Waals surface area contributed by atoms with Crippen molar-refractivity contribution in [2.24, 2.45) is 0 Å². The molecule has 0 bridgehead atoms. The van der Waals surface area contributed by atoms with E-state index >= 15 is 0 Å².